The summed E-state index contributed by atoms with van der Waals surface area (Å²) < 4.78 is 0.831. The molecule has 0 atom stereocenters. The van der Waals surface area contributed by atoms with Crippen molar-refractivity contribution in [1.82, 2.24) is 9.97 Å². The smallest absolute Gasteiger partial charge is 0.172 e. The van der Waals surface area contributed by atoms with Crippen molar-refractivity contribution >= 4 is 33.1 Å². The lowest BCUT2D eigenvalue weighted by molar-refractivity contribution is 0.870. The lowest BCUT2D eigenvalue weighted by Gasteiger charge is -2.07. The summed E-state index contributed by atoms with van der Waals surface area (Å²) in [7, 11) is 0. The van der Waals surface area contributed by atoms with Crippen LogP contribution in [0.5, 0.6) is 0 Å². The first kappa shape index (κ1) is 12.5. The van der Waals surface area contributed by atoms with E-state index in [0.29, 0.717) is 5.82 Å². The molecule has 0 unspecified atom stereocenters. The highest BCUT2D eigenvalue weighted by atomic mass is 79.9. The van der Waals surface area contributed by atoms with Crippen LogP contribution in [-0.2, 0) is 6.42 Å². The van der Waals surface area contributed by atoms with E-state index in [1.54, 1.807) is 11.3 Å². The Hall–Kier alpha value is -0.940. The van der Waals surface area contributed by atoms with Crippen molar-refractivity contribution in [3.8, 4) is 10.7 Å². The first-order chi connectivity index (χ1) is 8.13. The quantitative estimate of drug-likeness (QED) is 0.937. The van der Waals surface area contributed by atoms with E-state index < -0.39 is 0 Å². The van der Waals surface area contributed by atoms with Gasteiger partial charge in [0.25, 0.3) is 0 Å². The van der Waals surface area contributed by atoms with Crippen LogP contribution in [0, 0.1) is 6.92 Å². The van der Waals surface area contributed by atoms with Gasteiger partial charge < -0.3 is 5.73 Å². The molecule has 0 fully saturated rings. The number of nitrogen functional groups attached to an aromatic ring is 1. The molecule has 0 radical (unpaired) electrons. The molecule has 5 heteroatoms. The summed E-state index contributed by atoms with van der Waals surface area (Å²) in [4.78, 5) is 10.0. The summed E-state index contributed by atoms with van der Waals surface area (Å²) in [6, 6.07) is 2.07. The second-order valence-corrected chi connectivity index (χ2v) is 5.58. The third-order valence-electron chi connectivity index (χ3n) is 2.50. The Labute approximate surface area is 113 Å². The lowest BCUT2D eigenvalue weighted by Crippen LogP contribution is -2.02. The number of hydrogen-bond acceptors (Lipinski definition) is 4. The summed E-state index contributed by atoms with van der Waals surface area (Å²) in [5.74, 6) is 1.26. The maximum Gasteiger partial charge on any atom is 0.172 e. The number of anilines is 1. The minimum Gasteiger partial charge on any atom is -0.383 e. The molecule has 17 heavy (non-hydrogen) atoms. The van der Waals surface area contributed by atoms with Crippen LogP contribution in [0.1, 0.15) is 24.6 Å². The normalized spacial score (nSPS) is 10.8. The molecule has 0 amide bonds. The molecular formula is C12H14BrN3S. The summed E-state index contributed by atoms with van der Waals surface area (Å²) in [5.41, 5.74) is 8.10. The molecule has 3 nitrogen and oxygen atoms in total. The minimum absolute atomic E-state index is 0.520. The molecule has 2 N–H and O–H groups in total. The molecule has 0 spiro atoms. The first-order valence-corrected chi connectivity index (χ1v) is 7.17. The summed E-state index contributed by atoms with van der Waals surface area (Å²) in [6.07, 6.45) is 1.95. The monoisotopic (exact) mass is 311 g/mol. The largest absolute Gasteiger partial charge is 0.383 e. The van der Waals surface area contributed by atoms with Gasteiger partial charge in [-0.05, 0) is 46.3 Å². The van der Waals surface area contributed by atoms with E-state index in [2.05, 4.69) is 45.8 Å². The molecule has 0 aliphatic carbocycles. The van der Waals surface area contributed by atoms with Gasteiger partial charge in [-0.25, -0.2) is 9.97 Å². The van der Waals surface area contributed by atoms with Crippen molar-refractivity contribution in [2.45, 2.75) is 26.7 Å². The topological polar surface area (TPSA) is 51.8 Å². The van der Waals surface area contributed by atoms with Crippen molar-refractivity contribution in [1.29, 1.82) is 0 Å². The van der Waals surface area contributed by atoms with Gasteiger partial charge >= 0.3 is 0 Å². The number of halogens is 1. The van der Waals surface area contributed by atoms with Crippen LogP contribution in [0.2, 0.25) is 0 Å². The van der Waals surface area contributed by atoms with Crippen LogP contribution in [0.4, 0.5) is 5.82 Å². The first-order valence-electron chi connectivity index (χ1n) is 5.49. The van der Waals surface area contributed by atoms with Gasteiger partial charge in [0, 0.05) is 0 Å². The van der Waals surface area contributed by atoms with Crippen molar-refractivity contribution in [2.75, 3.05) is 5.73 Å². The number of thiophene rings is 1. The van der Waals surface area contributed by atoms with E-state index in [0.717, 1.165) is 33.7 Å². The molecule has 0 saturated carbocycles. The van der Waals surface area contributed by atoms with Crippen LogP contribution < -0.4 is 5.73 Å². The predicted molar refractivity (Wildman–Crippen MR) is 76.2 cm³/mol. The predicted octanol–water partition coefficient (Wildman–Crippen LogP) is 3.81. The average Bonchev–Trinajstić information content (AvgIpc) is 2.71. The Balaban J connectivity index is 2.53. The molecule has 0 aromatic carbocycles. The van der Waals surface area contributed by atoms with Crippen molar-refractivity contribution in [3.63, 3.8) is 0 Å². The average molecular weight is 312 g/mol. The highest BCUT2D eigenvalue weighted by molar-refractivity contribution is 9.10. The number of hydrogen-bond donors (Lipinski definition) is 1. The number of nitrogens with two attached hydrogens (primary N) is 1. The van der Waals surface area contributed by atoms with Gasteiger partial charge in [0.05, 0.1) is 15.0 Å². The Morgan fingerprint density at radius 2 is 2.18 bits per heavy atom. The van der Waals surface area contributed by atoms with Gasteiger partial charge in [-0.2, -0.15) is 0 Å². The Kier molecular flexibility index (Phi) is 3.79. The number of aryl methyl sites for hydroxylation is 2. The van der Waals surface area contributed by atoms with E-state index in [1.165, 1.54) is 5.56 Å². The molecule has 2 aromatic heterocycles. The molecule has 0 saturated heterocycles. The van der Waals surface area contributed by atoms with Crippen LogP contribution in [0.15, 0.2) is 15.9 Å². The van der Waals surface area contributed by atoms with E-state index >= 15 is 0 Å². The number of aromatic nitrogens is 2. The zero-order valence-electron chi connectivity index (χ0n) is 9.83. The SMILES string of the molecule is CCCc1nc(-c2sccc2C)nc(N)c1Br. The molecule has 90 valence electrons. The third-order valence-corrected chi connectivity index (χ3v) is 4.37. The standard InChI is InChI=1S/C12H14BrN3S/c1-3-4-8-9(13)11(14)16-12(15-8)10-7(2)5-6-17-10/h5-6H,3-4H2,1-2H3,(H2,14,15,16). The molecule has 2 aromatic rings. The van der Waals surface area contributed by atoms with Crippen molar-refractivity contribution < 1.29 is 0 Å². The van der Waals surface area contributed by atoms with Gasteiger partial charge in [0.2, 0.25) is 0 Å². The molecular weight excluding hydrogens is 298 g/mol. The van der Waals surface area contributed by atoms with Gasteiger partial charge in [0.15, 0.2) is 5.82 Å². The fourth-order valence-electron chi connectivity index (χ4n) is 1.62. The number of rotatable bonds is 3. The van der Waals surface area contributed by atoms with Gasteiger partial charge in [-0.3, -0.25) is 0 Å². The van der Waals surface area contributed by atoms with Crippen LogP contribution in [0.25, 0.3) is 10.7 Å². The fourth-order valence-corrected chi connectivity index (χ4v) is 2.85. The summed E-state index contributed by atoms with van der Waals surface area (Å²) in [6.45, 7) is 4.19. The summed E-state index contributed by atoms with van der Waals surface area (Å²) in [5, 5.41) is 2.05. The highest BCUT2D eigenvalue weighted by Crippen LogP contribution is 2.30. The molecule has 0 aliphatic heterocycles. The number of nitrogens with zero attached hydrogens (tertiary/aromatic N) is 2. The maximum absolute atomic E-state index is 5.91. The molecule has 2 heterocycles. The van der Waals surface area contributed by atoms with Crippen LogP contribution >= 0.6 is 27.3 Å². The lowest BCUT2D eigenvalue weighted by atomic mass is 10.2. The van der Waals surface area contributed by atoms with E-state index in [1.807, 2.05) is 5.38 Å². The fraction of sp³-hybridized carbons (Fsp3) is 0.333. The molecule has 0 aliphatic rings. The minimum atomic E-state index is 0.520. The van der Waals surface area contributed by atoms with Crippen LogP contribution in [-0.4, -0.2) is 9.97 Å². The second kappa shape index (κ2) is 5.14. The van der Waals surface area contributed by atoms with E-state index in [9.17, 15) is 0 Å². The summed E-state index contributed by atoms with van der Waals surface area (Å²) >= 11 is 5.10. The zero-order valence-corrected chi connectivity index (χ0v) is 12.2. The molecule has 0 bridgehead atoms. The molecule has 2 rings (SSSR count). The van der Waals surface area contributed by atoms with E-state index in [-0.39, 0.29) is 0 Å². The maximum atomic E-state index is 5.91. The van der Waals surface area contributed by atoms with Gasteiger partial charge in [-0.15, -0.1) is 11.3 Å². The zero-order chi connectivity index (χ0) is 12.4. The third kappa shape index (κ3) is 2.50. The van der Waals surface area contributed by atoms with Gasteiger partial charge in [-0.1, -0.05) is 13.3 Å². The highest BCUT2D eigenvalue weighted by Gasteiger charge is 2.13. The van der Waals surface area contributed by atoms with Gasteiger partial charge in [0.1, 0.15) is 5.82 Å². The van der Waals surface area contributed by atoms with Crippen molar-refractivity contribution in [3.05, 3.63) is 27.2 Å². The van der Waals surface area contributed by atoms with Crippen LogP contribution in [0.3, 0.4) is 0 Å². The Bertz CT molecular complexity index is 537. The van der Waals surface area contributed by atoms with E-state index in [4.69, 9.17) is 5.73 Å². The van der Waals surface area contributed by atoms with Crippen molar-refractivity contribution in [2.24, 2.45) is 0 Å². The second-order valence-electron chi connectivity index (χ2n) is 3.88. The Morgan fingerprint density at radius 1 is 1.41 bits per heavy atom. The Morgan fingerprint density at radius 3 is 2.76 bits per heavy atom.